The van der Waals surface area contributed by atoms with Crippen molar-refractivity contribution in [3.8, 4) is 0 Å². The van der Waals surface area contributed by atoms with Gasteiger partial charge in [0.05, 0.1) is 4.92 Å². The van der Waals surface area contributed by atoms with Crippen LogP contribution in [0, 0.1) is 27.9 Å². The fourth-order valence-electron chi connectivity index (χ4n) is 7.50. The Labute approximate surface area is 174 Å². The van der Waals surface area contributed by atoms with E-state index in [1.165, 1.54) is 51.4 Å². The van der Waals surface area contributed by atoms with Crippen LogP contribution < -0.4 is 5.32 Å². The molecule has 29 heavy (non-hydrogen) atoms. The van der Waals surface area contributed by atoms with E-state index in [4.69, 9.17) is 0 Å². The lowest BCUT2D eigenvalue weighted by atomic mass is 9.65. The standard InChI is InChI=1S/C24H35N3O2/c1-16-9-17-11-18(10-16)13-22(12-17)26-20-5-4-6-21(26)15-19(14-20)25-23-7-2-3-8-24(23)27(28)29/h2-3,7-8,16-22,25H,4-6,9-15H2,1H3/t16-,17-,18+,19-,20+,21-,22+. The van der Waals surface area contributed by atoms with Crippen molar-refractivity contribution < 1.29 is 4.92 Å². The third-order valence-corrected chi connectivity index (χ3v) is 8.26. The Morgan fingerprint density at radius 1 is 0.931 bits per heavy atom. The minimum atomic E-state index is -0.264. The molecule has 5 heteroatoms. The maximum atomic E-state index is 11.4. The smallest absolute Gasteiger partial charge is 0.292 e. The molecule has 4 aliphatic rings. The number of hydrogen-bond donors (Lipinski definition) is 1. The maximum absolute atomic E-state index is 11.4. The summed E-state index contributed by atoms with van der Waals surface area (Å²) in [7, 11) is 0. The molecule has 1 aromatic rings. The van der Waals surface area contributed by atoms with Crippen LogP contribution in [-0.2, 0) is 0 Å². The molecule has 1 N–H and O–H groups in total. The SMILES string of the molecule is C[C@@H]1C[C@@H]2C[C@H](C1)C[C@@H](N1[C@@H]3CCC[C@H]1C[C@@H](Nc1ccccc1[N+](=O)[O-])C3)C2. The van der Waals surface area contributed by atoms with Gasteiger partial charge in [-0.1, -0.05) is 25.5 Å². The molecule has 0 unspecified atom stereocenters. The summed E-state index contributed by atoms with van der Waals surface area (Å²) in [4.78, 5) is 14.1. The van der Waals surface area contributed by atoms with Gasteiger partial charge in [0.1, 0.15) is 5.69 Å². The normalized spacial score (nSPS) is 39.7. The van der Waals surface area contributed by atoms with Gasteiger partial charge in [-0.25, -0.2) is 0 Å². The van der Waals surface area contributed by atoms with Crippen LogP contribution in [0.15, 0.2) is 24.3 Å². The minimum absolute atomic E-state index is 0.203. The summed E-state index contributed by atoms with van der Waals surface area (Å²) in [5, 5.41) is 15.0. The Morgan fingerprint density at radius 3 is 2.24 bits per heavy atom. The number of rotatable bonds is 4. The van der Waals surface area contributed by atoms with Gasteiger partial charge in [-0.05, 0) is 81.6 Å². The molecular weight excluding hydrogens is 362 g/mol. The predicted octanol–water partition coefficient (Wildman–Crippen LogP) is 5.61. The molecule has 4 fully saturated rings. The van der Waals surface area contributed by atoms with Crippen molar-refractivity contribution in [3.63, 3.8) is 0 Å². The molecule has 2 saturated carbocycles. The molecule has 2 aliphatic carbocycles. The lowest BCUT2D eigenvalue weighted by Crippen LogP contribution is -2.60. The first-order valence-electron chi connectivity index (χ1n) is 11.8. The van der Waals surface area contributed by atoms with Crippen molar-refractivity contribution in [2.75, 3.05) is 5.32 Å². The number of nitro benzene ring substituents is 1. The number of fused-ring (bicyclic) bond motifs is 4. The predicted molar refractivity (Wildman–Crippen MR) is 116 cm³/mol. The van der Waals surface area contributed by atoms with Gasteiger partial charge in [0.15, 0.2) is 0 Å². The topological polar surface area (TPSA) is 58.4 Å². The summed E-state index contributed by atoms with van der Waals surface area (Å²) < 4.78 is 0. The molecular formula is C24H35N3O2. The van der Waals surface area contributed by atoms with Crippen LogP contribution in [0.25, 0.3) is 0 Å². The quantitative estimate of drug-likeness (QED) is 0.530. The highest BCUT2D eigenvalue weighted by Crippen LogP contribution is 2.47. The molecule has 158 valence electrons. The zero-order chi connectivity index (χ0) is 20.0. The molecule has 0 amide bonds. The number of hydrogen-bond acceptors (Lipinski definition) is 4. The van der Waals surface area contributed by atoms with Gasteiger partial charge >= 0.3 is 0 Å². The van der Waals surface area contributed by atoms with Crippen LogP contribution in [0.5, 0.6) is 0 Å². The Bertz CT molecular complexity index is 721. The summed E-state index contributed by atoms with van der Waals surface area (Å²) in [6.45, 7) is 2.45. The van der Waals surface area contributed by atoms with Crippen molar-refractivity contribution in [2.45, 2.75) is 95.3 Å². The molecule has 1 aromatic carbocycles. The highest BCUT2D eigenvalue weighted by Gasteiger charge is 2.45. The van der Waals surface area contributed by atoms with Gasteiger partial charge < -0.3 is 5.32 Å². The molecule has 7 atom stereocenters. The number of nitrogens with one attached hydrogen (secondary N) is 1. The Kier molecular flexibility index (Phi) is 5.27. The highest BCUT2D eigenvalue weighted by atomic mass is 16.6. The van der Waals surface area contributed by atoms with Crippen LogP contribution in [0.3, 0.4) is 0 Å². The summed E-state index contributed by atoms with van der Waals surface area (Å²) >= 11 is 0. The van der Waals surface area contributed by atoms with E-state index in [0.29, 0.717) is 23.8 Å². The second-order valence-corrected chi connectivity index (χ2v) is 10.4. The molecule has 0 aromatic heterocycles. The van der Waals surface area contributed by atoms with Crippen molar-refractivity contribution in [1.82, 2.24) is 4.90 Å². The van der Waals surface area contributed by atoms with E-state index in [-0.39, 0.29) is 10.6 Å². The Balaban J connectivity index is 1.29. The first-order valence-corrected chi connectivity index (χ1v) is 11.8. The van der Waals surface area contributed by atoms with E-state index >= 15 is 0 Å². The largest absolute Gasteiger partial charge is 0.377 e. The average Bonchev–Trinajstić information content (AvgIpc) is 2.66. The monoisotopic (exact) mass is 397 g/mol. The first kappa shape index (κ1) is 19.3. The molecule has 2 saturated heterocycles. The van der Waals surface area contributed by atoms with Crippen molar-refractivity contribution in [1.29, 1.82) is 0 Å². The number of para-hydroxylation sites is 2. The molecule has 2 heterocycles. The van der Waals surface area contributed by atoms with E-state index in [1.54, 1.807) is 12.1 Å². The first-order chi connectivity index (χ1) is 14.1. The molecule has 5 rings (SSSR count). The molecule has 0 radical (unpaired) electrons. The lowest BCUT2D eigenvalue weighted by Gasteiger charge is -2.55. The maximum Gasteiger partial charge on any atom is 0.292 e. The summed E-state index contributed by atoms with van der Waals surface area (Å²) in [5.41, 5.74) is 0.893. The number of nitrogens with zero attached hydrogens (tertiary/aromatic N) is 2. The third-order valence-electron chi connectivity index (χ3n) is 8.26. The van der Waals surface area contributed by atoms with Gasteiger partial charge in [0.25, 0.3) is 5.69 Å². The molecule has 2 aliphatic heterocycles. The van der Waals surface area contributed by atoms with E-state index in [1.807, 2.05) is 12.1 Å². The molecule has 0 spiro atoms. The van der Waals surface area contributed by atoms with Crippen LogP contribution >= 0.6 is 0 Å². The lowest BCUT2D eigenvalue weighted by molar-refractivity contribution is -0.384. The van der Waals surface area contributed by atoms with Gasteiger partial charge in [-0.3, -0.25) is 15.0 Å². The second kappa shape index (κ2) is 7.90. The van der Waals surface area contributed by atoms with E-state index < -0.39 is 0 Å². The van der Waals surface area contributed by atoms with Gasteiger partial charge in [0.2, 0.25) is 0 Å². The van der Waals surface area contributed by atoms with E-state index in [2.05, 4.69) is 17.1 Å². The molecule has 4 bridgehead atoms. The van der Waals surface area contributed by atoms with Crippen LogP contribution in [0.1, 0.15) is 71.1 Å². The third kappa shape index (κ3) is 3.90. The summed E-state index contributed by atoms with van der Waals surface area (Å²) in [5.74, 6) is 2.83. The van der Waals surface area contributed by atoms with Crippen LogP contribution in [-0.4, -0.2) is 34.0 Å². The summed E-state index contributed by atoms with van der Waals surface area (Å²) in [6.07, 6.45) is 13.4. The van der Waals surface area contributed by atoms with Crippen LogP contribution in [0.2, 0.25) is 0 Å². The van der Waals surface area contributed by atoms with Gasteiger partial charge in [-0.2, -0.15) is 0 Å². The number of benzene rings is 1. The van der Waals surface area contributed by atoms with Crippen molar-refractivity contribution in [3.05, 3.63) is 34.4 Å². The van der Waals surface area contributed by atoms with Gasteiger partial charge in [-0.15, -0.1) is 0 Å². The van der Waals surface area contributed by atoms with Crippen molar-refractivity contribution in [2.24, 2.45) is 17.8 Å². The average molecular weight is 398 g/mol. The van der Waals surface area contributed by atoms with Crippen LogP contribution in [0.4, 0.5) is 11.4 Å². The number of piperidine rings is 2. The van der Waals surface area contributed by atoms with Crippen molar-refractivity contribution >= 4 is 11.4 Å². The fraction of sp³-hybridized carbons (Fsp3) is 0.750. The highest BCUT2D eigenvalue weighted by molar-refractivity contribution is 5.61. The summed E-state index contributed by atoms with van der Waals surface area (Å²) in [6, 6.07) is 9.57. The van der Waals surface area contributed by atoms with Gasteiger partial charge in [0, 0.05) is 30.2 Å². The number of anilines is 1. The van der Waals surface area contributed by atoms with E-state index in [0.717, 1.165) is 36.6 Å². The fourth-order valence-corrected chi connectivity index (χ4v) is 7.50. The van der Waals surface area contributed by atoms with E-state index in [9.17, 15) is 10.1 Å². The zero-order valence-corrected chi connectivity index (χ0v) is 17.6. The Hall–Kier alpha value is -1.62. The Morgan fingerprint density at radius 2 is 1.59 bits per heavy atom. The molecule has 5 nitrogen and oxygen atoms in total. The number of nitro groups is 1. The zero-order valence-electron chi connectivity index (χ0n) is 17.6. The second-order valence-electron chi connectivity index (χ2n) is 10.4. The minimum Gasteiger partial charge on any atom is -0.377 e.